The second-order valence-electron chi connectivity index (χ2n) is 4.72. The third kappa shape index (κ3) is 2.53. The van der Waals surface area contributed by atoms with Crippen LogP contribution in [0.1, 0.15) is 22.3 Å². The van der Waals surface area contributed by atoms with Gasteiger partial charge in [0.1, 0.15) is 0 Å². The van der Waals surface area contributed by atoms with Crippen LogP contribution < -0.4 is 14.2 Å². The number of hydrogen-bond acceptors (Lipinski definition) is 6. The molecule has 2 rings (SSSR count). The standard InChI is InChI=1S/C15H18O6/c1-18-12-7-9-10(13(19-2)14(12)20-3)5-8(6-11(9)16)15(17)21-4/h7-8H,5-6H2,1-4H3/t8-/m1/s1. The topological polar surface area (TPSA) is 71.1 Å². The molecule has 0 heterocycles. The first-order valence-corrected chi connectivity index (χ1v) is 6.50. The molecule has 1 aliphatic rings. The van der Waals surface area contributed by atoms with E-state index in [0.29, 0.717) is 34.8 Å². The summed E-state index contributed by atoms with van der Waals surface area (Å²) in [6.45, 7) is 0. The van der Waals surface area contributed by atoms with Crippen molar-refractivity contribution in [1.82, 2.24) is 0 Å². The van der Waals surface area contributed by atoms with E-state index in [4.69, 9.17) is 18.9 Å². The summed E-state index contributed by atoms with van der Waals surface area (Å²) >= 11 is 0. The first kappa shape index (κ1) is 15.2. The maximum Gasteiger partial charge on any atom is 0.309 e. The van der Waals surface area contributed by atoms with Crippen LogP contribution in [0.25, 0.3) is 0 Å². The Labute approximate surface area is 122 Å². The highest BCUT2D eigenvalue weighted by Crippen LogP contribution is 2.45. The predicted octanol–water partition coefficient (Wildman–Crippen LogP) is 1.63. The lowest BCUT2D eigenvalue weighted by Gasteiger charge is -2.25. The van der Waals surface area contributed by atoms with E-state index in [2.05, 4.69) is 0 Å². The molecular formula is C15H18O6. The zero-order chi connectivity index (χ0) is 15.6. The highest BCUT2D eigenvalue weighted by atomic mass is 16.5. The van der Waals surface area contributed by atoms with Crippen LogP contribution in [0, 0.1) is 5.92 Å². The number of ether oxygens (including phenoxy) is 4. The maximum absolute atomic E-state index is 12.3. The van der Waals surface area contributed by atoms with Gasteiger partial charge in [-0.15, -0.1) is 0 Å². The summed E-state index contributed by atoms with van der Waals surface area (Å²) < 4.78 is 20.7. The Morgan fingerprint density at radius 3 is 2.24 bits per heavy atom. The molecule has 0 radical (unpaired) electrons. The molecule has 0 aromatic heterocycles. The van der Waals surface area contributed by atoms with Gasteiger partial charge in [-0.1, -0.05) is 0 Å². The fraction of sp³-hybridized carbons (Fsp3) is 0.467. The molecule has 1 aromatic rings. The van der Waals surface area contributed by atoms with Gasteiger partial charge in [-0.2, -0.15) is 0 Å². The van der Waals surface area contributed by atoms with Crippen molar-refractivity contribution in [1.29, 1.82) is 0 Å². The highest BCUT2D eigenvalue weighted by Gasteiger charge is 2.35. The van der Waals surface area contributed by atoms with Crippen LogP contribution in [0.5, 0.6) is 17.2 Å². The number of fused-ring (bicyclic) bond motifs is 1. The van der Waals surface area contributed by atoms with Crippen molar-refractivity contribution < 1.29 is 28.5 Å². The van der Waals surface area contributed by atoms with Gasteiger partial charge < -0.3 is 18.9 Å². The number of carbonyl (C=O) groups is 2. The quantitative estimate of drug-likeness (QED) is 0.786. The molecule has 0 amide bonds. The number of carbonyl (C=O) groups excluding carboxylic acids is 2. The van der Waals surface area contributed by atoms with Gasteiger partial charge in [-0.05, 0) is 12.5 Å². The van der Waals surface area contributed by atoms with E-state index in [1.54, 1.807) is 6.07 Å². The highest BCUT2D eigenvalue weighted by molar-refractivity contribution is 6.02. The van der Waals surface area contributed by atoms with Crippen LogP contribution in [0.2, 0.25) is 0 Å². The second-order valence-corrected chi connectivity index (χ2v) is 4.72. The number of esters is 1. The lowest BCUT2D eigenvalue weighted by molar-refractivity contribution is -0.145. The zero-order valence-electron chi connectivity index (χ0n) is 12.5. The zero-order valence-corrected chi connectivity index (χ0v) is 12.5. The molecule has 1 aliphatic carbocycles. The number of hydrogen-bond donors (Lipinski definition) is 0. The van der Waals surface area contributed by atoms with E-state index in [1.807, 2.05) is 0 Å². The summed E-state index contributed by atoms with van der Waals surface area (Å²) in [7, 11) is 5.79. The summed E-state index contributed by atoms with van der Waals surface area (Å²) in [6.07, 6.45) is 0.496. The Bertz CT molecular complexity index is 578. The van der Waals surface area contributed by atoms with Gasteiger partial charge in [0.15, 0.2) is 17.3 Å². The molecular weight excluding hydrogens is 276 g/mol. The minimum absolute atomic E-state index is 0.123. The average molecular weight is 294 g/mol. The first-order chi connectivity index (χ1) is 10.1. The molecule has 0 spiro atoms. The van der Waals surface area contributed by atoms with Crippen LogP contribution in [0.4, 0.5) is 0 Å². The van der Waals surface area contributed by atoms with Crippen molar-refractivity contribution in [3.8, 4) is 17.2 Å². The Hall–Kier alpha value is -2.24. The molecule has 6 nitrogen and oxygen atoms in total. The van der Waals surface area contributed by atoms with Gasteiger partial charge in [-0.25, -0.2) is 0 Å². The lowest BCUT2D eigenvalue weighted by Crippen LogP contribution is -2.28. The molecule has 0 saturated carbocycles. The van der Waals surface area contributed by atoms with E-state index in [9.17, 15) is 9.59 Å². The summed E-state index contributed by atoms with van der Waals surface area (Å²) in [4.78, 5) is 24.0. The minimum Gasteiger partial charge on any atom is -0.493 e. The van der Waals surface area contributed by atoms with Gasteiger partial charge in [0.25, 0.3) is 0 Å². The van der Waals surface area contributed by atoms with Crippen LogP contribution in [-0.4, -0.2) is 40.2 Å². The molecule has 21 heavy (non-hydrogen) atoms. The number of rotatable bonds is 4. The molecule has 0 N–H and O–H groups in total. The Morgan fingerprint density at radius 1 is 1.05 bits per heavy atom. The number of ketones is 1. The van der Waals surface area contributed by atoms with Crippen LogP contribution >= 0.6 is 0 Å². The molecule has 0 unspecified atom stereocenters. The van der Waals surface area contributed by atoms with Gasteiger partial charge in [0.2, 0.25) is 5.75 Å². The van der Waals surface area contributed by atoms with E-state index in [0.717, 1.165) is 0 Å². The first-order valence-electron chi connectivity index (χ1n) is 6.50. The smallest absolute Gasteiger partial charge is 0.309 e. The number of Topliss-reactive ketones (excluding diaryl/α,β-unsaturated/α-hetero) is 1. The Morgan fingerprint density at radius 2 is 1.71 bits per heavy atom. The van der Waals surface area contributed by atoms with E-state index in [1.165, 1.54) is 28.4 Å². The van der Waals surface area contributed by atoms with Crippen molar-refractivity contribution >= 4 is 11.8 Å². The molecule has 6 heteroatoms. The fourth-order valence-electron chi connectivity index (χ4n) is 2.65. The van der Waals surface area contributed by atoms with Gasteiger partial charge in [0.05, 0.1) is 34.4 Å². The second kappa shape index (κ2) is 6.03. The summed E-state index contributed by atoms with van der Waals surface area (Å²) in [5, 5.41) is 0. The summed E-state index contributed by atoms with van der Waals surface area (Å²) in [5.74, 6) is 0.238. The molecule has 0 bridgehead atoms. The van der Waals surface area contributed by atoms with Gasteiger partial charge >= 0.3 is 5.97 Å². The number of benzene rings is 1. The Balaban J connectivity index is 2.58. The summed E-state index contributed by atoms with van der Waals surface area (Å²) in [6, 6.07) is 1.63. The molecule has 1 atom stereocenters. The molecule has 0 saturated heterocycles. The Kier molecular flexibility index (Phi) is 4.35. The average Bonchev–Trinajstić information content (AvgIpc) is 2.51. The largest absolute Gasteiger partial charge is 0.493 e. The van der Waals surface area contributed by atoms with E-state index >= 15 is 0 Å². The molecule has 0 aliphatic heterocycles. The molecule has 1 aromatic carbocycles. The van der Waals surface area contributed by atoms with E-state index < -0.39 is 11.9 Å². The van der Waals surface area contributed by atoms with Gasteiger partial charge in [0, 0.05) is 17.5 Å². The summed E-state index contributed by atoms with van der Waals surface area (Å²) in [5.41, 5.74) is 1.16. The molecule has 0 fully saturated rings. The van der Waals surface area contributed by atoms with Crippen LogP contribution in [0.3, 0.4) is 0 Å². The van der Waals surface area contributed by atoms with Crippen molar-refractivity contribution in [3.63, 3.8) is 0 Å². The predicted molar refractivity (Wildman–Crippen MR) is 74.3 cm³/mol. The van der Waals surface area contributed by atoms with Crippen LogP contribution in [0.15, 0.2) is 6.07 Å². The van der Waals surface area contributed by atoms with Crippen molar-refractivity contribution in [2.75, 3.05) is 28.4 Å². The SMILES string of the molecule is COC(=O)[C@H]1CC(=O)c2cc(OC)c(OC)c(OC)c2C1. The van der Waals surface area contributed by atoms with Crippen molar-refractivity contribution in [3.05, 3.63) is 17.2 Å². The monoisotopic (exact) mass is 294 g/mol. The minimum atomic E-state index is -0.498. The normalized spacial score (nSPS) is 17.0. The van der Waals surface area contributed by atoms with Gasteiger partial charge in [-0.3, -0.25) is 9.59 Å². The fourth-order valence-corrected chi connectivity index (χ4v) is 2.65. The van der Waals surface area contributed by atoms with E-state index in [-0.39, 0.29) is 12.2 Å². The maximum atomic E-state index is 12.3. The molecule has 114 valence electrons. The number of methoxy groups -OCH3 is 4. The van der Waals surface area contributed by atoms with Crippen LogP contribution in [-0.2, 0) is 16.0 Å². The third-order valence-corrected chi connectivity index (χ3v) is 3.65. The van der Waals surface area contributed by atoms with Crippen molar-refractivity contribution in [2.24, 2.45) is 5.92 Å². The third-order valence-electron chi connectivity index (χ3n) is 3.65. The van der Waals surface area contributed by atoms with Crippen molar-refractivity contribution in [2.45, 2.75) is 12.8 Å². The lowest BCUT2D eigenvalue weighted by atomic mass is 9.82.